The smallest absolute Gasteiger partial charge is 0.268 e. The summed E-state index contributed by atoms with van der Waals surface area (Å²) in [5, 5.41) is 7.23. The van der Waals surface area contributed by atoms with Crippen molar-refractivity contribution in [3.05, 3.63) is 68.2 Å². The van der Waals surface area contributed by atoms with Gasteiger partial charge in [-0.1, -0.05) is 18.5 Å². The Kier molecular flexibility index (Phi) is 6.48. The maximum atomic E-state index is 13.7. The van der Waals surface area contributed by atoms with Crippen molar-refractivity contribution in [1.82, 2.24) is 29.0 Å². The number of piperazine rings is 1. The van der Waals surface area contributed by atoms with Crippen molar-refractivity contribution in [3.8, 4) is 16.9 Å². The number of hydrogen-bond donors (Lipinski definition) is 0. The summed E-state index contributed by atoms with van der Waals surface area (Å²) in [6.07, 6.45) is 0.175. The number of benzene rings is 1. The summed E-state index contributed by atoms with van der Waals surface area (Å²) in [6.45, 7) is 10.1. The minimum atomic E-state index is -0.201. The Morgan fingerprint density at radius 2 is 1.83 bits per heavy atom. The van der Waals surface area contributed by atoms with Gasteiger partial charge in [0.25, 0.3) is 5.56 Å². The van der Waals surface area contributed by atoms with Crippen molar-refractivity contribution in [2.24, 2.45) is 0 Å². The molecule has 4 aromatic rings. The highest BCUT2D eigenvalue weighted by Crippen LogP contribution is 2.24. The van der Waals surface area contributed by atoms with Gasteiger partial charge in [-0.25, -0.2) is 9.67 Å². The van der Waals surface area contributed by atoms with Crippen LogP contribution in [0.15, 0.2) is 40.5 Å². The number of rotatable bonds is 5. The first kappa shape index (κ1) is 23.7. The van der Waals surface area contributed by atoms with E-state index >= 15 is 0 Å². The van der Waals surface area contributed by atoms with Crippen LogP contribution in [0.2, 0.25) is 5.02 Å². The predicted octanol–water partition coefficient (Wildman–Crippen LogP) is 3.59. The monoisotopic (exact) mass is 510 g/mol. The maximum Gasteiger partial charge on any atom is 0.268 e. The molecule has 0 radical (unpaired) electrons. The minimum absolute atomic E-state index is 0.0392. The third-order valence-corrected chi connectivity index (χ3v) is 7.67. The molecule has 1 aliphatic rings. The fourth-order valence-electron chi connectivity index (χ4n) is 4.54. The third kappa shape index (κ3) is 4.51. The zero-order chi connectivity index (χ0) is 24.7. The van der Waals surface area contributed by atoms with Crippen LogP contribution in [0.3, 0.4) is 0 Å². The molecule has 1 saturated heterocycles. The van der Waals surface area contributed by atoms with Gasteiger partial charge in [0, 0.05) is 48.0 Å². The Labute approximate surface area is 212 Å². The standard InChI is InChI=1S/C25H27ClN6O2S/c1-4-29-9-11-30(12-10-29)22(33)14-20-15-35-25-27-17(3)23(24(34)31(20)25)21-13-16(2)32(28-21)19-7-5-18(26)6-8-19/h5-8,13,15H,4,9-12,14H2,1-3H3. The van der Waals surface area contributed by atoms with Crippen molar-refractivity contribution >= 4 is 33.8 Å². The predicted molar refractivity (Wildman–Crippen MR) is 139 cm³/mol. The molecule has 3 aromatic heterocycles. The van der Waals surface area contributed by atoms with Crippen LogP contribution in [0.4, 0.5) is 0 Å². The molecule has 10 heteroatoms. The van der Waals surface area contributed by atoms with E-state index in [4.69, 9.17) is 16.7 Å². The Balaban J connectivity index is 1.49. The average Bonchev–Trinajstić information content (AvgIpc) is 3.42. The lowest BCUT2D eigenvalue weighted by molar-refractivity contribution is -0.132. The number of hydrogen-bond acceptors (Lipinski definition) is 6. The van der Waals surface area contributed by atoms with Crippen molar-refractivity contribution in [2.75, 3.05) is 32.7 Å². The summed E-state index contributed by atoms with van der Waals surface area (Å²) in [5.74, 6) is 0.0392. The second-order valence-electron chi connectivity index (χ2n) is 8.77. The number of halogens is 1. The maximum absolute atomic E-state index is 13.7. The molecule has 0 atom stereocenters. The molecule has 0 aliphatic carbocycles. The van der Waals surface area contributed by atoms with Gasteiger partial charge in [0.05, 0.1) is 23.4 Å². The molecule has 0 spiro atoms. The van der Waals surface area contributed by atoms with Gasteiger partial charge in [-0.05, 0) is 50.7 Å². The van der Waals surface area contributed by atoms with Crippen LogP contribution in [0, 0.1) is 13.8 Å². The van der Waals surface area contributed by atoms with Gasteiger partial charge in [-0.2, -0.15) is 5.10 Å². The number of thiazole rings is 1. The first-order valence-corrected chi connectivity index (χ1v) is 12.9. The highest BCUT2D eigenvalue weighted by molar-refractivity contribution is 7.15. The Hall–Kier alpha value is -3.01. The van der Waals surface area contributed by atoms with Crippen LogP contribution >= 0.6 is 22.9 Å². The summed E-state index contributed by atoms with van der Waals surface area (Å²) in [7, 11) is 0. The number of aryl methyl sites for hydroxylation is 2. The first-order valence-electron chi connectivity index (χ1n) is 11.7. The fourth-order valence-corrected chi connectivity index (χ4v) is 5.60. The van der Waals surface area contributed by atoms with Gasteiger partial charge in [-0.15, -0.1) is 11.3 Å². The summed E-state index contributed by atoms with van der Waals surface area (Å²) >= 11 is 7.41. The number of fused-ring (bicyclic) bond motifs is 1. The summed E-state index contributed by atoms with van der Waals surface area (Å²) in [5.41, 5.74) is 3.83. The van der Waals surface area contributed by atoms with Gasteiger partial charge in [0.2, 0.25) is 5.91 Å². The van der Waals surface area contributed by atoms with Gasteiger partial charge >= 0.3 is 0 Å². The van der Waals surface area contributed by atoms with E-state index in [0.29, 0.717) is 45.7 Å². The van der Waals surface area contributed by atoms with E-state index in [1.54, 1.807) is 9.08 Å². The number of nitrogens with zero attached hydrogens (tertiary/aromatic N) is 6. The molecule has 35 heavy (non-hydrogen) atoms. The minimum Gasteiger partial charge on any atom is -0.340 e. The summed E-state index contributed by atoms with van der Waals surface area (Å²) in [4.78, 5) is 36.2. The normalized spacial score (nSPS) is 14.7. The van der Waals surface area contributed by atoms with Crippen LogP contribution in [0.25, 0.3) is 21.9 Å². The van der Waals surface area contributed by atoms with Crippen LogP contribution in [0.1, 0.15) is 24.0 Å². The number of aromatic nitrogens is 4. The average molecular weight is 511 g/mol. The second kappa shape index (κ2) is 9.56. The van der Waals surface area contributed by atoms with Gasteiger partial charge < -0.3 is 9.80 Å². The van der Waals surface area contributed by atoms with Gasteiger partial charge in [0.15, 0.2) is 4.96 Å². The van der Waals surface area contributed by atoms with Crippen LogP contribution in [-0.2, 0) is 11.2 Å². The number of carbonyl (C=O) groups is 1. The van der Waals surface area contributed by atoms with E-state index in [2.05, 4.69) is 16.8 Å². The SMILES string of the molecule is CCN1CCN(C(=O)Cc2csc3nc(C)c(-c4cc(C)n(-c5ccc(Cl)cc5)n4)c(=O)n23)CC1. The van der Waals surface area contributed by atoms with Gasteiger partial charge in [0.1, 0.15) is 5.69 Å². The van der Waals surface area contributed by atoms with Crippen LogP contribution in [0.5, 0.6) is 0 Å². The fraction of sp³-hybridized carbons (Fsp3) is 0.360. The number of likely N-dealkylation sites (N-methyl/N-ethyl adjacent to an activating group) is 1. The quantitative estimate of drug-likeness (QED) is 0.410. The zero-order valence-corrected chi connectivity index (χ0v) is 21.6. The lowest BCUT2D eigenvalue weighted by Crippen LogP contribution is -2.49. The molecule has 1 aliphatic heterocycles. The molecule has 8 nitrogen and oxygen atoms in total. The molecular weight excluding hydrogens is 484 g/mol. The molecule has 0 N–H and O–H groups in total. The topological polar surface area (TPSA) is 75.7 Å². The van der Waals surface area contributed by atoms with E-state index in [-0.39, 0.29) is 17.9 Å². The molecule has 5 rings (SSSR count). The molecule has 0 saturated carbocycles. The van der Waals surface area contributed by atoms with Crippen molar-refractivity contribution < 1.29 is 4.79 Å². The lowest BCUT2D eigenvalue weighted by Gasteiger charge is -2.34. The van der Waals surface area contributed by atoms with Crippen LogP contribution in [-0.4, -0.2) is 67.6 Å². The third-order valence-electron chi connectivity index (χ3n) is 6.54. The largest absolute Gasteiger partial charge is 0.340 e. The highest BCUT2D eigenvalue weighted by atomic mass is 35.5. The second-order valence-corrected chi connectivity index (χ2v) is 10.0. The zero-order valence-electron chi connectivity index (χ0n) is 20.0. The molecule has 1 amide bonds. The van der Waals surface area contributed by atoms with E-state index in [9.17, 15) is 9.59 Å². The lowest BCUT2D eigenvalue weighted by atomic mass is 10.1. The molecule has 1 aromatic carbocycles. The van der Waals surface area contributed by atoms with Crippen molar-refractivity contribution in [3.63, 3.8) is 0 Å². The summed E-state index contributed by atoms with van der Waals surface area (Å²) in [6, 6.07) is 9.27. The Morgan fingerprint density at radius 1 is 1.11 bits per heavy atom. The molecule has 0 unspecified atom stereocenters. The Bertz CT molecular complexity index is 1450. The Morgan fingerprint density at radius 3 is 2.51 bits per heavy atom. The first-order chi connectivity index (χ1) is 16.9. The number of carbonyl (C=O) groups excluding carboxylic acids is 1. The number of amides is 1. The van der Waals surface area contributed by atoms with E-state index in [1.165, 1.54) is 11.3 Å². The van der Waals surface area contributed by atoms with Crippen molar-refractivity contribution in [1.29, 1.82) is 0 Å². The molecule has 0 bridgehead atoms. The summed E-state index contributed by atoms with van der Waals surface area (Å²) < 4.78 is 3.36. The van der Waals surface area contributed by atoms with Gasteiger partial charge in [-0.3, -0.25) is 14.0 Å². The molecule has 4 heterocycles. The van der Waals surface area contributed by atoms with E-state index in [1.807, 2.05) is 54.5 Å². The van der Waals surface area contributed by atoms with E-state index < -0.39 is 0 Å². The molecule has 182 valence electrons. The van der Waals surface area contributed by atoms with Crippen molar-refractivity contribution in [2.45, 2.75) is 27.2 Å². The molecular formula is C25H27ClN6O2S. The molecule has 1 fully saturated rings. The van der Waals surface area contributed by atoms with Crippen LogP contribution < -0.4 is 5.56 Å². The van der Waals surface area contributed by atoms with E-state index in [0.717, 1.165) is 31.0 Å². The highest BCUT2D eigenvalue weighted by Gasteiger charge is 2.23.